The maximum atomic E-state index is 11.7. The number of carbonyl (C=O) groups excluding carboxylic acids is 2. The first kappa shape index (κ1) is 10.9. The number of hydrogen-bond donors (Lipinski definition) is 1. The molecule has 1 aliphatic carbocycles. The summed E-state index contributed by atoms with van der Waals surface area (Å²) in [5, 5.41) is 0. The SMILES string of the molecule is CCCOC(=O)c1c[nH]c2c1C(=O)CCC2. The van der Waals surface area contributed by atoms with Crippen LogP contribution in [0.3, 0.4) is 0 Å². The molecule has 0 spiro atoms. The van der Waals surface area contributed by atoms with Gasteiger partial charge in [-0.05, 0) is 19.3 Å². The van der Waals surface area contributed by atoms with E-state index in [-0.39, 0.29) is 5.78 Å². The van der Waals surface area contributed by atoms with Crippen molar-refractivity contribution >= 4 is 11.8 Å². The fourth-order valence-corrected chi connectivity index (χ4v) is 1.97. The van der Waals surface area contributed by atoms with Crippen LogP contribution in [0.15, 0.2) is 6.20 Å². The fraction of sp³-hybridized carbons (Fsp3) is 0.500. The molecule has 1 heterocycles. The summed E-state index contributed by atoms with van der Waals surface area (Å²) in [5.74, 6) is -0.347. The highest BCUT2D eigenvalue weighted by molar-refractivity contribution is 6.07. The van der Waals surface area contributed by atoms with E-state index < -0.39 is 5.97 Å². The minimum Gasteiger partial charge on any atom is -0.462 e. The van der Waals surface area contributed by atoms with Crippen LogP contribution in [0.2, 0.25) is 0 Å². The summed E-state index contributed by atoms with van der Waals surface area (Å²) in [6.07, 6.45) is 4.59. The lowest BCUT2D eigenvalue weighted by Gasteiger charge is -2.11. The standard InChI is InChI=1S/C12H15NO3/c1-2-6-16-12(15)8-7-13-9-4-3-5-10(14)11(8)9/h7,13H,2-6H2,1H3. The number of carbonyl (C=O) groups is 2. The molecule has 0 radical (unpaired) electrons. The molecule has 1 aliphatic rings. The second kappa shape index (κ2) is 4.51. The average molecular weight is 221 g/mol. The Labute approximate surface area is 94.0 Å². The number of Topliss-reactive ketones (excluding diaryl/α,β-unsaturated/α-hetero) is 1. The molecule has 0 unspecified atom stereocenters. The van der Waals surface area contributed by atoms with E-state index >= 15 is 0 Å². The number of hydrogen-bond acceptors (Lipinski definition) is 3. The number of ether oxygens (including phenoxy) is 1. The Bertz CT molecular complexity index is 420. The molecule has 0 aromatic carbocycles. The van der Waals surface area contributed by atoms with Crippen LogP contribution >= 0.6 is 0 Å². The van der Waals surface area contributed by atoms with E-state index in [9.17, 15) is 9.59 Å². The highest BCUT2D eigenvalue weighted by atomic mass is 16.5. The average Bonchev–Trinajstić information content (AvgIpc) is 2.71. The Balaban J connectivity index is 2.25. The quantitative estimate of drug-likeness (QED) is 0.795. The van der Waals surface area contributed by atoms with Crippen LogP contribution in [0.5, 0.6) is 0 Å². The molecule has 16 heavy (non-hydrogen) atoms. The molecule has 2 rings (SSSR count). The van der Waals surface area contributed by atoms with Crippen molar-refractivity contribution in [1.82, 2.24) is 4.98 Å². The van der Waals surface area contributed by atoms with Gasteiger partial charge in [-0.15, -0.1) is 0 Å². The summed E-state index contributed by atoms with van der Waals surface area (Å²) in [4.78, 5) is 26.4. The number of aromatic amines is 1. The summed E-state index contributed by atoms with van der Waals surface area (Å²) in [6.45, 7) is 2.33. The van der Waals surface area contributed by atoms with Crippen molar-refractivity contribution in [3.05, 3.63) is 23.0 Å². The Morgan fingerprint density at radius 3 is 3.06 bits per heavy atom. The van der Waals surface area contributed by atoms with E-state index in [1.54, 1.807) is 6.20 Å². The van der Waals surface area contributed by atoms with Crippen molar-refractivity contribution in [3.63, 3.8) is 0 Å². The second-order valence-electron chi connectivity index (χ2n) is 3.97. The van der Waals surface area contributed by atoms with Gasteiger partial charge in [0.15, 0.2) is 5.78 Å². The first-order valence-electron chi connectivity index (χ1n) is 5.64. The zero-order valence-corrected chi connectivity index (χ0v) is 9.34. The Kier molecular flexibility index (Phi) is 3.08. The van der Waals surface area contributed by atoms with Crippen LogP contribution < -0.4 is 0 Å². The lowest BCUT2D eigenvalue weighted by atomic mass is 9.94. The lowest BCUT2D eigenvalue weighted by Crippen LogP contribution is -2.15. The van der Waals surface area contributed by atoms with Crippen molar-refractivity contribution < 1.29 is 14.3 Å². The van der Waals surface area contributed by atoms with E-state index in [0.717, 1.165) is 25.0 Å². The number of aryl methyl sites for hydroxylation is 1. The van der Waals surface area contributed by atoms with Gasteiger partial charge in [-0.3, -0.25) is 4.79 Å². The van der Waals surface area contributed by atoms with E-state index in [0.29, 0.717) is 24.2 Å². The number of esters is 1. The molecular formula is C12H15NO3. The molecule has 1 aromatic heterocycles. The van der Waals surface area contributed by atoms with Crippen LogP contribution in [0.4, 0.5) is 0 Å². The summed E-state index contributed by atoms with van der Waals surface area (Å²) in [7, 11) is 0. The van der Waals surface area contributed by atoms with Gasteiger partial charge in [0.25, 0.3) is 0 Å². The van der Waals surface area contributed by atoms with Crippen molar-refractivity contribution in [2.24, 2.45) is 0 Å². The molecule has 1 aromatic rings. The van der Waals surface area contributed by atoms with E-state index in [1.165, 1.54) is 0 Å². The molecule has 0 atom stereocenters. The Hall–Kier alpha value is -1.58. The van der Waals surface area contributed by atoms with Crippen LogP contribution in [0, 0.1) is 0 Å². The second-order valence-corrected chi connectivity index (χ2v) is 3.97. The first-order chi connectivity index (χ1) is 7.74. The van der Waals surface area contributed by atoms with Crippen LogP contribution in [-0.2, 0) is 11.2 Å². The summed E-state index contributed by atoms with van der Waals surface area (Å²) >= 11 is 0. The number of nitrogens with one attached hydrogen (secondary N) is 1. The molecule has 4 nitrogen and oxygen atoms in total. The highest BCUT2D eigenvalue weighted by Gasteiger charge is 2.26. The molecule has 0 saturated carbocycles. The van der Waals surface area contributed by atoms with Gasteiger partial charge in [-0.25, -0.2) is 4.79 Å². The van der Waals surface area contributed by atoms with Gasteiger partial charge in [-0.1, -0.05) is 6.92 Å². The maximum Gasteiger partial charge on any atom is 0.340 e. The number of fused-ring (bicyclic) bond motifs is 1. The first-order valence-corrected chi connectivity index (χ1v) is 5.64. The third kappa shape index (κ3) is 1.87. The molecule has 0 amide bonds. The van der Waals surface area contributed by atoms with Crippen molar-refractivity contribution in [3.8, 4) is 0 Å². The summed E-state index contributed by atoms with van der Waals surface area (Å²) < 4.78 is 5.04. The van der Waals surface area contributed by atoms with Crippen molar-refractivity contribution in [2.75, 3.05) is 6.61 Å². The molecule has 4 heteroatoms. The lowest BCUT2D eigenvalue weighted by molar-refractivity contribution is 0.0502. The predicted molar refractivity (Wildman–Crippen MR) is 58.6 cm³/mol. The van der Waals surface area contributed by atoms with Gasteiger partial charge in [0, 0.05) is 18.3 Å². The van der Waals surface area contributed by atoms with E-state index in [2.05, 4.69) is 4.98 Å². The molecule has 0 aliphatic heterocycles. The molecular weight excluding hydrogens is 206 g/mol. The number of H-pyrrole nitrogens is 1. The third-order valence-corrected chi connectivity index (χ3v) is 2.73. The van der Waals surface area contributed by atoms with Gasteiger partial charge in [-0.2, -0.15) is 0 Å². The number of aromatic nitrogens is 1. The predicted octanol–water partition coefficient (Wildman–Crippen LogP) is 2.10. The largest absolute Gasteiger partial charge is 0.462 e. The third-order valence-electron chi connectivity index (χ3n) is 2.73. The zero-order chi connectivity index (χ0) is 11.5. The molecule has 1 N–H and O–H groups in total. The summed E-state index contributed by atoms with van der Waals surface area (Å²) in [5.41, 5.74) is 1.82. The van der Waals surface area contributed by atoms with Gasteiger partial charge >= 0.3 is 5.97 Å². The maximum absolute atomic E-state index is 11.7. The minimum atomic E-state index is -0.394. The Morgan fingerprint density at radius 2 is 2.31 bits per heavy atom. The summed E-state index contributed by atoms with van der Waals surface area (Å²) in [6, 6.07) is 0. The minimum absolute atomic E-state index is 0.0472. The van der Waals surface area contributed by atoms with Crippen LogP contribution in [-0.4, -0.2) is 23.3 Å². The van der Waals surface area contributed by atoms with Crippen LogP contribution in [0.25, 0.3) is 0 Å². The number of rotatable bonds is 3. The van der Waals surface area contributed by atoms with Gasteiger partial charge in [0.05, 0.1) is 17.7 Å². The van der Waals surface area contributed by atoms with Crippen LogP contribution in [0.1, 0.15) is 52.6 Å². The highest BCUT2D eigenvalue weighted by Crippen LogP contribution is 2.24. The topological polar surface area (TPSA) is 59.2 Å². The van der Waals surface area contributed by atoms with Crippen molar-refractivity contribution in [1.29, 1.82) is 0 Å². The Morgan fingerprint density at radius 1 is 1.50 bits per heavy atom. The van der Waals surface area contributed by atoms with Crippen molar-refractivity contribution in [2.45, 2.75) is 32.6 Å². The van der Waals surface area contributed by atoms with Gasteiger partial charge in [0.1, 0.15) is 0 Å². The van der Waals surface area contributed by atoms with E-state index in [4.69, 9.17) is 4.74 Å². The molecule has 0 bridgehead atoms. The zero-order valence-electron chi connectivity index (χ0n) is 9.34. The molecule has 0 saturated heterocycles. The van der Waals surface area contributed by atoms with E-state index in [1.807, 2.05) is 6.92 Å². The number of ketones is 1. The molecule has 86 valence electrons. The van der Waals surface area contributed by atoms with Gasteiger partial charge in [0.2, 0.25) is 0 Å². The van der Waals surface area contributed by atoms with Gasteiger partial charge < -0.3 is 9.72 Å². The normalized spacial score (nSPS) is 14.7. The molecule has 0 fully saturated rings. The fourth-order valence-electron chi connectivity index (χ4n) is 1.97. The smallest absolute Gasteiger partial charge is 0.340 e. The monoisotopic (exact) mass is 221 g/mol.